The molecule has 0 heterocycles. The van der Waals surface area contributed by atoms with E-state index in [1.54, 1.807) is 0 Å². The molecule has 0 aliphatic carbocycles. The first-order chi connectivity index (χ1) is 8.99. The van der Waals surface area contributed by atoms with Gasteiger partial charge in [0.1, 0.15) is 0 Å². The predicted molar refractivity (Wildman–Crippen MR) is 86.4 cm³/mol. The molecule has 0 aliphatic rings. The Labute approximate surface area is 130 Å². The molecule has 1 atom stereocenters. The number of aliphatic hydroxyl groups is 1. The van der Waals surface area contributed by atoms with E-state index in [1.807, 2.05) is 18.2 Å². The molecule has 2 aromatic rings. The molecule has 100 valence electrons. The van der Waals surface area contributed by atoms with Crippen molar-refractivity contribution in [3.63, 3.8) is 0 Å². The molecule has 0 bridgehead atoms. The number of halogens is 2. The van der Waals surface area contributed by atoms with Crippen molar-refractivity contribution in [3.8, 4) is 0 Å². The van der Waals surface area contributed by atoms with Crippen molar-refractivity contribution in [2.24, 2.45) is 0 Å². The van der Waals surface area contributed by atoms with Crippen molar-refractivity contribution >= 4 is 31.9 Å². The Morgan fingerprint density at radius 1 is 1.05 bits per heavy atom. The molecule has 3 heteroatoms. The number of hydrogen-bond acceptors (Lipinski definition) is 1. The summed E-state index contributed by atoms with van der Waals surface area (Å²) in [5.74, 6) is 0. The average molecular weight is 384 g/mol. The van der Waals surface area contributed by atoms with Crippen LogP contribution in [-0.4, -0.2) is 5.11 Å². The second kappa shape index (κ2) is 6.21. The van der Waals surface area contributed by atoms with E-state index < -0.39 is 6.10 Å². The Morgan fingerprint density at radius 3 is 2.26 bits per heavy atom. The normalized spacial score (nSPS) is 12.5. The minimum Gasteiger partial charge on any atom is -0.388 e. The zero-order chi connectivity index (χ0) is 14.0. The van der Waals surface area contributed by atoms with Crippen LogP contribution in [0.1, 0.15) is 28.4 Å². The summed E-state index contributed by atoms with van der Waals surface area (Å²) in [5, 5.41) is 10.4. The van der Waals surface area contributed by atoms with Gasteiger partial charge < -0.3 is 5.11 Å². The molecule has 0 radical (unpaired) electrons. The summed E-state index contributed by atoms with van der Waals surface area (Å²) in [5.41, 5.74) is 4.61. The molecule has 0 spiro atoms. The van der Waals surface area contributed by atoms with Gasteiger partial charge in [0, 0.05) is 15.4 Å². The van der Waals surface area contributed by atoms with Crippen LogP contribution in [0, 0.1) is 13.8 Å². The number of aryl methyl sites for hydroxylation is 2. The maximum absolute atomic E-state index is 10.4. The van der Waals surface area contributed by atoms with Crippen LogP contribution in [0.15, 0.2) is 45.3 Å². The summed E-state index contributed by atoms with van der Waals surface area (Å²) in [6, 6.07) is 12.1. The summed E-state index contributed by atoms with van der Waals surface area (Å²) in [6.45, 7) is 4.18. The van der Waals surface area contributed by atoms with Crippen LogP contribution in [0.3, 0.4) is 0 Å². The van der Waals surface area contributed by atoms with Crippen LogP contribution >= 0.6 is 31.9 Å². The highest BCUT2D eigenvalue weighted by atomic mass is 79.9. The van der Waals surface area contributed by atoms with E-state index in [-0.39, 0.29) is 0 Å². The Morgan fingerprint density at radius 2 is 1.68 bits per heavy atom. The molecule has 1 N–H and O–H groups in total. The fourth-order valence-corrected chi connectivity index (χ4v) is 3.56. The fourth-order valence-electron chi connectivity index (χ4n) is 2.25. The van der Waals surface area contributed by atoms with E-state index in [4.69, 9.17) is 0 Å². The first kappa shape index (κ1) is 14.8. The molecular weight excluding hydrogens is 368 g/mol. The summed E-state index contributed by atoms with van der Waals surface area (Å²) < 4.78 is 1.93. The minimum absolute atomic E-state index is 0.498. The number of rotatable bonds is 3. The zero-order valence-corrected chi connectivity index (χ0v) is 14.1. The predicted octanol–water partition coefficient (Wildman–Crippen LogP) is 5.10. The van der Waals surface area contributed by atoms with E-state index in [2.05, 4.69) is 63.9 Å². The minimum atomic E-state index is -0.498. The number of hydrogen-bond donors (Lipinski definition) is 1. The lowest BCUT2D eigenvalue weighted by molar-refractivity contribution is 0.177. The maximum atomic E-state index is 10.4. The topological polar surface area (TPSA) is 20.2 Å². The summed E-state index contributed by atoms with van der Waals surface area (Å²) in [7, 11) is 0. The van der Waals surface area contributed by atoms with Crippen LogP contribution in [0.2, 0.25) is 0 Å². The monoisotopic (exact) mass is 382 g/mol. The summed E-state index contributed by atoms with van der Waals surface area (Å²) in [4.78, 5) is 0. The second-order valence-corrected chi connectivity index (χ2v) is 6.53. The first-order valence-electron chi connectivity index (χ1n) is 6.17. The third-order valence-electron chi connectivity index (χ3n) is 3.36. The largest absolute Gasteiger partial charge is 0.388 e. The Balaban J connectivity index is 2.28. The standard InChI is InChI=1S/C16H16Br2O/c1-10-4-3-5-11(2)14(10)9-16(19)13-7-6-12(17)8-15(13)18/h3-8,16,19H,9H2,1-2H3. The van der Waals surface area contributed by atoms with Crippen LogP contribution in [0.25, 0.3) is 0 Å². The van der Waals surface area contributed by atoms with Gasteiger partial charge in [-0.15, -0.1) is 0 Å². The molecular formula is C16H16Br2O. The third kappa shape index (κ3) is 3.47. The molecule has 19 heavy (non-hydrogen) atoms. The smallest absolute Gasteiger partial charge is 0.0841 e. The van der Waals surface area contributed by atoms with Crippen molar-refractivity contribution in [2.75, 3.05) is 0 Å². The molecule has 0 aliphatic heterocycles. The van der Waals surface area contributed by atoms with Gasteiger partial charge in [0.25, 0.3) is 0 Å². The van der Waals surface area contributed by atoms with E-state index in [0.29, 0.717) is 6.42 Å². The number of aliphatic hydroxyl groups excluding tert-OH is 1. The van der Waals surface area contributed by atoms with E-state index in [1.165, 1.54) is 16.7 Å². The Bertz CT molecular complexity index is 573. The first-order valence-corrected chi connectivity index (χ1v) is 7.75. The Hall–Kier alpha value is -0.640. The van der Waals surface area contributed by atoms with E-state index >= 15 is 0 Å². The van der Waals surface area contributed by atoms with E-state index in [0.717, 1.165) is 14.5 Å². The van der Waals surface area contributed by atoms with Gasteiger partial charge in [-0.3, -0.25) is 0 Å². The molecule has 0 amide bonds. The third-order valence-corrected chi connectivity index (χ3v) is 4.54. The van der Waals surface area contributed by atoms with Crippen molar-refractivity contribution in [1.82, 2.24) is 0 Å². The maximum Gasteiger partial charge on any atom is 0.0841 e. The SMILES string of the molecule is Cc1cccc(C)c1CC(O)c1ccc(Br)cc1Br. The summed E-state index contributed by atoms with van der Waals surface area (Å²) in [6.07, 6.45) is 0.140. The van der Waals surface area contributed by atoms with E-state index in [9.17, 15) is 5.11 Å². The Kier molecular flexibility index (Phi) is 4.82. The van der Waals surface area contributed by atoms with Gasteiger partial charge in [0.15, 0.2) is 0 Å². The van der Waals surface area contributed by atoms with Crippen molar-refractivity contribution in [2.45, 2.75) is 26.4 Å². The molecule has 1 nitrogen and oxygen atoms in total. The highest BCUT2D eigenvalue weighted by Crippen LogP contribution is 2.30. The van der Waals surface area contributed by atoms with Crippen LogP contribution < -0.4 is 0 Å². The van der Waals surface area contributed by atoms with Crippen molar-refractivity contribution in [1.29, 1.82) is 0 Å². The average Bonchev–Trinajstić information content (AvgIpc) is 2.33. The molecule has 1 unspecified atom stereocenters. The van der Waals surface area contributed by atoms with Gasteiger partial charge >= 0.3 is 0 Å². The van der Waals surface area contributed by atoms with Gasteiger partial charge in [-0.25, -0.2) is 0 Å². The lowest BCUT2D eigenvalue weighted by Gasteiger charge is -2.16. The quantitative estimate of drug-likeness (QED) is 0.781. The number of benzene rings is 2. The van der Waals surface area contributed by atoms with Crippen LogP contribution in [0.5, 0.6) is 0 Å². The van der Waals surface area contributed by atoms with Gasteiger partial charge in [-0.1, -0.05) is 56.1 Å². The molecule has 0 saturated carbocycles. The van der Waals surface area contributed by atoms with Crippen molar-refractivity contribution < 1.29 is 5.11 Å². The zero-order valence-electron chi connectivity index (χ0n) is 11.0. The molecule has 2 rings (SSSR count). The van der Waals surface area contributed by atoms with Gasteiger partial charge in [0.05, 0.1) is 6.10 Å². The van der Waals surface area contributed by atoms with Gasteiger partial charge in [0.2, 0.25) is 0 Å². The molecule has 0 saturated heterocycles. The van der Waals surface area contributed by atoms with Crippen LogP contribution in [-0.2, 0) is 6.42 Å². The lowest BCUT2D eigenvalue weighted by atomic mass is 9.95. The highest BCUT2D eigenvalue weighted by molar-refractivity contribution is 9.11. The van der Waals surface area contributed by atoms with Gasteiger partial charge in [-0.05, 0) is 48.2 Å². The van der Waals surface area contributed by atoms with Gasteiger partial charge in [-0.2, -0.15) is 0 Å². The summed E-state index contributed by atoms with van der Waals surface area (Å²) >= 11 is 6.93. The van der Waals surface area contributed by atoms with Crippen molar-refractivity contribution in [3.05, 3.63) is 67.6 Å². The molecule has 0 fully saturated rings. The lowest BCUT2D eigenvalue weighted by Crippen LogP contribution is -2.05. The highest BCUT2D eigenvalue weighted by Gasteiger charge is 2.14. The second-order valence-electron chi connectivity index (χ2n) is 4.76. The molecule has 0 aromatic heterocycles. The fraction of sp³-hybridized carbons (Fsp3) is 0.250. The van der Waals surface area contributed by atoms with Crippen LogP contribution in [0.4, 0.5) is 0 Å². The molecule has 2 aromatic carbocycles.